The molecule has 36 heavy (non-hydrogen) atoms. The standard InChI is InChI=1S/C24H23F4N5O3/c1-13-10-16(36-21(30-3)12-20(29-2)33-22(34)14-4-5-14)7-9-19(13)32-23(35)31-15-6-8-18(25)17(11-15)24(26,27)28/h6-12,14H,2,4-5H2,1,3H3,(H,33,34)(H2,31,32,35)/b20-12+,30-21+. The van der Waals surface area contributed by atoms with Gasteiger partial charge in [-0.05, 0) is 68.4 Å². The van der Waals surface area contributed by atoms with Crippen LogP contribution < -0.4 is 20.7 Å². The zero-order valence-corrected chi connectivity index (χ0v) is 19.4. The third-order valence-electron chi connectivity index (χ3n) is 5.05. The lowest BCUT2D eigenvalue weighted by Gasteiger charge is -2.13. The van der Waals surface area contributed by atoms with E-state index >= 15 is 0 Å². The number of nitrogens with zero attached hydrogens (tertiary/aromatic N) is 2. The van der Waals surface area contributed by atoms with Crippen LogP contribution in [0.15, 0.2) is 58.3 Å². The molecule has 2 aromatic rings. The molecule has 0 atom stereocenters. The summed E-state index contributed by atoms with van der Waals surface area (Å²) < 4.78 is 57.8. The number of hydrogen-bond donors (Lipinski definition) is 3. The molecular weight excluding hydrogens is 482 g/mol. The maximum Gasteiger partial charge on any atom is 0.419 e. The lowest BCUT2D eigenvalue weighted by molar-refractivity contribution is -0.140. The number of hydrogen-bond acceptors (Lipinski definition) is 5. The van der Waals surface area contributed by atoms with Gasteiger partial charge in [0.2, 0.25) is 11.8 Å². The predicted octanol–water partition coefficient (Wildman–Crippen LogP) is 5.27. The number of anilines is 2. The summed E-state index contributed by atoms with van der Waals surface area (Å²) >= 11 is 0. The first-order chi connectivity index (χ1) is 17.0. The van der Waals surface area contributed by atoms with Crippen LogP contribution in [0.5, 0.6) is 5.75 Å². The van der Waals surface area contributed by atoms with Crippen molar-refractivity contribution in [3.05, 3.63) is 65.2 Å². The molecule has 8 nitrogen and oxygen atoms in total. The fourth-order valence-electron chi connectivity index (χ4n) is 3.02. The van der Waals surface area contributed by atoms with Crippen molar-refractivity contribution in [3.63, 3.8) is 0 Å². The third-order valence-corrected chi connectivity index (χ3v) is 5.05. The molecule has 0 unspecified atom stereocenters. The number of rotatable bonds is 7. The van der Waals surface area contributed by atoms with Crippen LogP contribution >= 0.6 is 0 Å². The van der Waals surface area contributed by atoms with E-state index in [0.717, 1.165) is 18.9 Å². The van der Waals surface area contributed by atoms with E-state index in [2.05, 4.69) is 32.7 Å². The van der Waals surface area contributed by atoms with Gasteiger partial charge in [0.1, 0.15) is 17.4 Å². The van der Waals surface area contributed by atoms with Crippen molar-refractivity contribution < 1.29 is 31.9 Å². The van der Waals surface area contributed by atoms with Crippen LogP contribution in [0.25, 0.3) is 0 Å². The number of carbonyl (C=O) groups excluding carboxylic acids is 2. The minimum Gasteiger partial charge on any atom is -0.439 e. The van der Waals surface area contributed by atoms with Crippen molar-refractivity contribution in [3.8, 4) is 5.75 Å². The maximum absolute atomic E-state index is 13.4. The minimum absolute atomic E-state index is 0.0206. The van der Waals surface area contributed by atoms with Gasteiger partial charge in [-0.25, -0.2) is 14.2 Å². The van der Waals surface area contributed by atoms with Crippen LogP contribution in [-0.2, 0) is 11.0 Å². The minimum atomic E-state index is -4.90. The molecule has 3 amide bonds. The molecule has 0 spiro atoms. The highest BCUT2D eigenvalue weighted by Gasteiger charge is 2.34. The Hall–Kier alpha value is -4.22. The number of urea groups is 1. The molecule has 1 fully saturated rings. The van der Waals surface area contributed by atoms with Gasteiger partial charge in [0.05, 0.1) is 5.56 Å². The first kappa shape index (κ1) is 26.4. The van der Waals surface area contributed by atoms with Crippen molar-refractivity contribution in [2.24, 2.45) is 15.9 Å². The van der Waals surface area contributed by atoms with Crippen molar-refractivity contribution in [2.45, 2.75) is 25.9 Å². The zero-order valence-electron chi connectivity index (χ0n) is 19.4. The van der Waals surface area contributed by atoms with Gasteiger partial charge in [0.25, 0.3) is 0 Å². The second kappa shape index (κ2) is 11.0. The second-order valence-corrected chi connectivity index (χ2v) is 7.86. The molecule has 1 aliphatic rings. The van der Waals surface area contributed by atoms with Gasteiger partial charge in [-0.15, -0.1) is 0 Å². The average molecular weight is 505 g/mol. The van der Waals surface area contributed by atoms with E-state index in [9.17, 15) is 27.2 Å². The van der Waals surface area contributed by atoms with Crippen LogP contribution in [0.3, 0.4) is 0 Å². The molecule has 12 heteroatoms. The van der Waals surface area contributed by atoms with Gasteiger partial charge >= 0.3 is 12.2 Å². The Morgan fingerprint density at radius 2 is 1.86 bits per heavy atom. The lowest BCUT2D eigenvalue weighted by Crippen LogP contribution is -2.24. The van der Waals surface area contributed by atoms with Gasteiger partial charge in [0, 0.05) is 30.4 Å². The van der Waals surface area contributed by atoms with Crippen LogP contribution in [0.4, 0.5) is 33.7 Å². The van der Waals surface area contributed by atoms with Gasteiger partial charge in [0.15, 0.2) is 0 Å². The summed E-state index contributed by atoms with van der Waals surface area (Å²) in [6.07, 6.45) is -1.82. The van der Waals surface area contributed by atoms with Crippen LogP contribution in [0.1, 0.15) is 24.0 Å². The number of carbonyl (C=O) groups is 2. The van der Waals surface area contributed by atoms with E-state index in [1.54, 1.807) is 13.0 Å². The van der Waals surface area contributed by atoms with Gasteiger partial charge < -0.3 is 20.7 Å². The molecule has 190 valence electrons. The normalized spacial score (nSPS) is 14.2. The molecule has 0 bridgehead atoms. The molecule has 0 saturated heterocycles. The molecular formula is C24H23F4N5O3. The highest BCUT2D eigenvalue weighted by molar-refractivity contribution is 6.00. The largest absolute Gasteiger partial charge is 0.439 e. The first-order valence-corrected chi connectivity index (χ1v) is 10.7. The molecule has 3 rings (SSSR count). The SMILES string of the molecule is C=N/C(=C\C(=N/C)Oc1ccc(NC(=O)Nc2ccc(F)c(C(F)(F)F)c2)c(C)c1)NC(=O)C1CC1. The highest BCUT2D eigenvalue weighted by Crippen LogP contribution is 2.33. The number of ether oxygens (including phenoxy) is 1. The lowest BCUT2D eigenvalue weighted by atomic mass is 10.2. The second-order valence-electron chi connectivity index (χ2n) is 7.86. The number of halogens is 4. The topological polar surface area (TPSA) is 104 Å². The summed E-state index contributed by atoms with van der Waals surface area (Å²) in [5, 5.41) is 7.41. The van der Waals surface area contributed by atoms with Gasteiger partial charge in [-0.1, -0.05) is 0 Å². The van der Waals surface area contributed by atoms with Gasteiger partial charge in [-0.2, -0.15) is 13.2 Å². The van der Waals surface area contributed by atoms with Crippen molar-refractivity contribution in [1.29, 1.82) is 0 Å². The highest BCUT2D eigenvalue weighted by atomic mass is 19.4. The Morgan fingerprint density at radius 3 is 2.44 bits per heavy atom. The predicted molar refractivity (Wildman–Crippen MR) is 128 cm³/mol. The summed E-state index contributed by atoms with van der Waals surface area (Å²) in [6, 6.07) is 5.99. The Bertz CT molecular complexity index is 1240. The summed E-state index contributed by atoms with van der Waals surface area (Å²) in [7, 11) is 1.49. The monoisotopic (exact) mass is 505 g/mol. The van der Waals surface area contributed by atoms with E-state index in [0.29, 0.717) is 29.1 Å². The average Bonchev–Trinajstić information content (AvgIpc) is 3.66. The molecule has 2 aromatic carbocycles. The number of alkyl halides is 3. The van der Waals surface area contributed by atoms with Crippen LogP contribution in [-0.4, -0.2) is 31.6 Å². The molecule has 0 aliphatic heterocycles. The summed E-state index contributed by atoms with van der Waals surface area (Å²) in [4.78, 5) is 32.0. The fourth-order valence-corrected chi connectivity index (χ4v) is 3.02. The number of amides is 3. The Balaban J connectivity index is 1.65. The quantitative estimate of drug-likeness (QED) is 0.271. The van der Waals surface area contributed by atoms with E-state index in [-0.39, 0.29) is 29.2 Å². The molecule has 0 heterocycles. The molecule has 3 N–H and O–H groups in total. The Kier molecular flexibility index (Phi) is 8.07. The first-order valence-electron chi connectivity index (χ1n) is 10.7. The summed E-state index contributed by atoms with van der Waals surface area (Å²) in [5.41, 5.74) is -0.785. The molecule has 1 saturated carbocycles. The molecule has 1 aliphatic carbocycles. The third kappa shape index (κ3) is 7.14. The van der Waals surface area contributed by atoms with Crippen molar-refractivity contribution in [1.82, 2.24) is 5.32 Å². The molecule has 0 radical (unpaired) electrons. The fraction of sp³-hybridized carbons (Fsp3) is 0.250. The van der Waals surface area contributed by atoms with Crippen molar-refractivity contribution >= 4 is 35.9 Å². The summed E-state index contributed by atoms with van der Waals surface area (Å²) in [5.74, 6) is -0.917. The van der Waals surface area contributed by atoms with Crippen molar-refractivity contribution in [2.75, 3.05) is 17.7 Å². The number of benzene rings is 2. The number of aryl methyl sites for hydroxylation is 1. The summed E-state index contributed by atoms with van der Waals surface area (Å²) in [6.45, 7) is 5.10. The van der Waals surface area contributed by atoms with Crippen LogP contribution in [0.2, 0.25) is 0 Å². The molecule has 0 aromatic heterocycles. The zero-order chi connectivity index (χ0) is 26.5. The maximum atomic E-state index is 13.4. The van der Waals surface area contributed by atoms with E-state index < -0.39 is 23.6 Å². The number of aliphatic imine (C=N–C) groups is 2. The Labute approximate surface area is 204 Å². The Morgan fingerprint density at radius 1 is 1.14 bits per heavy atom. The van der Waals surface area contributed by atoms with Crippen LogP contribution in [0, 0.1) is 18.7 Å². The number of nitrogens with one attached hydrogen (secondary N) is 3. The smallest absolute Gasteiger partial charge is 0.419 e. The van der Waals surface area contributed by atoms with E-state index in [4.69, 9.17) is 4.74 Å². The van der Waals surface area contributed by atoms with E-state index in [1.807, 2.05) is 0 Å². The van der Waals surface area contributed by atoms with Gasteiger partial charge in [-0.3, -0.25) is 9.79 Å². The van der Waals surface area contributed by atoms with E-state index in [1.165, 1.54) is 25.3 Å².